The van der Waals surface area contributed by atoms with Gasteiger partial charge in [-0.3, -0.25) is 4.79 Å². The Kier molecular flexibility index (Phi) is 4.12. The maximum absolute atomic E-state index is 11.9. The van der Waals surface area contributed by atoms with Crippen LogP contribution in [-0.2, 0) is 4.74 Å². The fraction of sp³-hybridized carbons (Fsp3) is 0.312. The van der Waals surface area contributed by atoms with E-state index < -0.39 is 5.91 Å². The van der Waals surface area contributed by atoms with Crippen molar-refractivity contribution in [3.63, 3.8) is 0 Å². The summed E-state index contributed by atoms with van der Waals surface area (Å²) >= 11 is 0. The van der Waals surface area contributed by atoms with E-state index in [9.17, 15) is 4.79 Å². The number of nitrogens with zero attached hydrogens (tertiary/aromatic N) is 2. The molecule has 1 amide bonds. The van der Waals surface area contributed by atoms with Gasteiger partial charge in [-0.2, -0.15) is 0 Å². The van der Waals surface area contributed by atoms with Crippen LogP contribution in [-0.4, -0.2) is 36.4 Å². The summed E-state index contributed by atoms with van der Waals surface area (Å²) in [5.41, 5.74) is 2.71. The summed E-state index contributed by atoms with van der Waals surface area (Å²) in [5, 5.41) is 11.3. The number of aryl methyl sites for hydroxylation is 2. The lowest BCUT2D eigenvalue weighted by Crippen LogP contribution is -2.27. The Bertz CT molecular complexity index is 850. The average Bonchev–Trinajstić information content (AvgIpc) is 3.14. The van der Waals surface area contributed by atoms with Gasteiger partial charge in [0.25, 0.3) is 5.89 Å². The smallest absolute Gasteiger partial charge is 0.308 e. The van der Waals surface area contributed by atoms with Crippen molar-refractivity contribution in [2.24, 2.45) is 0 Å². The first-order valence-corrected chi connectivity index (χ1v) is 7.21. The van der Waals surface area contributed by atoms with Crippen molar-refractivity contribution >= 4 is 16.9 Å². The van der Waals surface area contributed by atoms with Gasteiger partial charge in [-0.15, -0.1) is 10.2 Å². The summed E-state index contributed by atoms with van der Waals surface area (Å²) in [4.78, 5) is 11.9. The topological polar surface area (TPSA) is 90.4 Å². The summed E-state index contributed by atoms with van der Waals surface area (Å²) in [7, 11) is 1.56. The Morgan fingerprint density at radius 1 is 1.26 bits per heavy atom. The number of nitrogens with one attached hydrogen (secondary N) is 1. The van der Waals surface area contributed by atoms with Gasteiger partial charge in [0.15, 0.2) is 5.76 Å². The molecular formula is C16H17N3O4. The van der Waals surface area contributed by atoms with E-state index in [1.54, 1.807) is 7.11 Å². The monoisotopic (exact) mass is 315 g/mol. The first-order valence-electron chi connectivity index (χ1n) is 7.21. The molecule has 2 aromatic heterocycles. The molecule has 0 aliphatic rings. The maximum Gasteiger partial charge on any atom is 0.308 e. The van der Waals surface area contributed by atoms with Gasteiger partial charge >= 0.3 is 11.8 Å². The van der Waals surface area contributed by atoms with Gasteiger partial charge in [-0.05, 0) is 19.4 Å². The summed E-state index contributed by atoms with van der Waals surface area (Å²) < 4.78 is 16.2. The number of amides is 1. The minimum Gasteiger partial charge on any atom is -0.450 e. The molecule has 7 nitrogen and oxygen atoms in total. The lowest BCUT2D eigenvalue weighted by atomic mass is 10.1. The van der Waals surface area contributed by atoms with E-state index in [0.717, 1.165) is 22.1 Å². The van der Waals surface area contributed by atoms with Crippen LogP contribution in [0.2, 0.25) is 0 Å². The third kappa shape index (κ3) is 2.83. The molecule has 0 fully saturated rings. The molecule has 23 heavy (non-hydrogen) atoms. The summed E-state index contributed by atoms with van der Waals surface area (Å²) in [6.07, 6.45) is 0. The van der Waals surface area contributed by atoms with E-state index >= 15 is 0 Å². The Balaban J connectivity index is 1.90. The van der Waals surface area contributed by atoms with Gasteiger partial charge < -0.3 is 18.9 Å². The molecule has 0 aliphatic carbocycles. The SMILES string of the molecule is COCCNC(=O)c1nnc(-c2oc3c(C)cccc3c2C)o1. The Morgan fingerprint density at radius 2 is 2.09 bits per heavy atom. The minimum absolute atomic E-state index is 0.104. The largest absolute Gasteiger partial charge is 0.450 e. The summed E-state index contributed by atoms with van der Waals surface area (Å²) in [5.74, 6) is 0.131. The second kappa shape index (κ2) is 6.21. The molecule has 7 heteroatoms. The molecule has 1 N–H and O–H groups in total. The number of methoxy groups -OCH3 is 1. The number of furan rings is 1. The first-order chi connectivity index (χ1) is 11.1. The number of benzene rings is 1. The molecule has 2 heterocycles. The molecule has 1 aromatic carbocycles. The summed E-state index contributed by atoms with van der Waals surface area (Å²) in [6, 6.07) is 5.91. The Hall–Kier alpha value is -2.67. The lowest BCUT2D eigenvalue weighted by molar-refractivity contribution is 0.0903. The molecule has 0 spiro atoms. The van der Waals surface area contributed by atoms with Gasteiger partial charge in [0.05, 0.1) is 6.61 Å². The minimum atomic E-state index is -0.439. The van der Waals surface area contributed by atoms with Crippen LogP contribution in [0.3, 0.4) is 0 Å². The zero-order valence-corrected chi connectivity index (χ0v) is 13.2. The van der Waals surface area contributed by atoms with Crippen molar-refractivity contribution in [2.75, 3.05) is 20.3 Å². The van der Waals surface area contributed by atoms with Crippen LogP contribution in [0.1, 0.15) is 21.8 Å². The van der Waals surface area contributed by atoms with Crippen molar-refractivity contribution in [1.29, 1.82) is 0 Å². The highest BCUT2D eigenvalue weighted by molar-refractivity contribution is 5.90. The zero-order valence-electron chi connectivity index (χ0n) is 13.2. The Morgan fingerprint density at radius 3 is 2.83 bits per heavy atom. The van der Waals surface area contributed by atoms with E-state index in [1.807, 2.05) is 32.0 Å². The van der Waals surface area contributed by atoms with Gasteiger partial charge in [0, 0.05) is 24.6 Å². The van der Waals surface area contributed by atoms with Crippen molar-refractivity contribution in [2.45, 2.75) is 13.8 Å². The molecule has 0 aliphatic heterocycles. The van der Waals surface area contributed by atoms with E-state index in [1.165, 1.54) is 0 Å². The maximum atomic E-state index is 11.9. The number of carbonyl (C=O) groups is 1. The number of hydrogen-bond donors (Lipinski definition) is 1. The zero-order chi connectivity index (χ0) is 16.4. The molecule has 3 rings (SSSR count). The third-order valence-electron chi connectivity index (χ3n) is 3.57. The van der Waals surface area contributed by atoms with Crippen LogP contribution in [0.5, 0.6) is 0 Å². The molecule has 0 atom stereocenters. The molecular weight excluding hydrogens is 298 g/mol. The number of ether oxygens (including phenoxy) is 1. The molecule has 0 unspecified atom stereocenters. The highest BCUT2D eigenvalue weighted by Crippen LogP contribution is 2.33. The van der Waals surface area contributed by atoms with Crippen molar-refractivity contribution in [1.82, 2.24) is 15.5 Å². The predicted molar refractivity (Wildman–Crippen MR) is 83.2 cm³/mol. The van der Waals surface area contributed by atoms with Crippen molar-refractivity contribution in [3.8, 4) is 11.7 Å². The molecule has 120 valence electrons. The average molecular weight is 315 g/mol. The number of aromatic nitrogens is 2. The third-order valence-corrected chi connectivity index (χ3v) is 3.57. The standard InChI is InChI=1S/C16H17N3O4/c1-9-5-4-6-11-10(2)13(22-12(9)11)15-18-19-16(23-15)14(20)17-7-8-21-3/h4-6H,7-8H2,1-3H3,(H,17,20). The van der Waals surface area contributed by atoms with E-state index in [-0.39, 0.29) is 11.8 Å². The molecule has 0 saturated carbocycles. The van der Waals surface area contributed by atoms with Gasteiger partial charge in [-0.1, -0.05) is 18.2 Å². The molecule has 0 bridgehead atoms. The molecule has 3 aromatic rings. The number of para-hydroxylation sites is 1. The number of fused-ring (bicyclic) bond motifs is 1. The second-order valence-corrected chi connectivity index (χ2v) is 5.17. The molecule has 0 saturated heterocycles. The van der Waals surface area contributed by atoms with Gasteiger partial charge in [0.2, 0.25) is 0 Å². The van der Waals surface area contributed by atoms with Crippen LogP contribution < -0.4 is 5.32 Å². The van der Waals surface area contributed by atoms with E-state index in [0.29, 0.717) is 18.9 Å². The quantitative estimate of drug-likeness (QED) is 0.727. The Labute approximate surface area is 132 Å². The highest BCUT2D eigenvalue weighted by Gasteiger charge is 2.21. The van der Waals surface area contributed by atoms with Crippen LogP contribution in [0, 0.1) is 13.8 Å². The van der Waals surface area contributed by atoms with E-state index in [4.69, 9.17) is 13.6 Å². The number of rotatable bonds is 5. The molecule has 0 radical (unpaired) electrons. The first kappa shape index (κ1) is 15.2. The van der Waals surface area contributed by atoms with Crippen molar-refractivity contribution < 1.29 is 18.4 Å². The van der Waals surface area contributed by atoms with Gasteiger partial charge in [0.1, 0.15) is 5.58 Å². The van der Waals surface area contributed by atoms with Crippen LogP contribution in [0.15, 0.2) is 27.0 Å². The number of hydrogen-bond acceptors (Lipinski definition) is 6. The predicted octanol–water partition coefficient (Wildman–Crippen LogP) is 2.48. The van der Waals surface area contributed by atoms with E-state index in [2.05, 4.69) is 15.5 Å². The fourth-order valence-electron chi connectivity index (χ4n) is 2.34. The lowest BCUT2D eigenvalue weighted by Gasteiger charge is -1.99. The van der Waals surface area contributed by atoms with Crippen molar-refractivity contribution in [3.05, 3.63) is 35.2 Å². The highest BCUT2D eigenvalue weighted by atomic mass is 16.5. The fourth-order valence-corrected chi connectivity index (χ4v) is 2.34. The van der Waals surface area contributed by atoms with Crippen LogP contribution in [0.25, 0.3) is 22.6 Å². The van der Waals surface area contributed by atoms with Gasteiger partial charge in [-0.25, -0.2) is 0 Å². The number of carbonyl (C=O) groups excluding carboxylic acids is 1. The second-order valence-electron chi connectivity index (χ2n) is 5.17. The van der Waals surface area contributed by atoms with Crippen LogP contribution >= 0.6 is 0 Å². The summed E-state index contributed by atoms with van der Waals surface area (Å²) in [6.45, 7) is 4.67. The normalized spacial score (nSPS) is 11.1. The van der Waals surface area contributed by atoms with Crippen LogP contribution in [0.4, 0.5) is 0 Å².